The van der Waals surface area contributed by atoms with Gasteiger partial charge in [0.1, 0.15) is 12.1 Å². The summed E-state index contributed by atoms with van der Waals surface area (Å²) in [6.07, 6.45) is 3.11. The lowest BCUT2D eigenvalue weighted by molar-refractivity contribution is 0.0690. The molecular weight excluding hydrogens is 203 g/mol. The monoisotopic (exact) mass is 212 g/mol. The van der Waals surface area contributed by atoms with Crippen LogP contribution < -0.4 is 4.90 Å². The number of halogens is 1. The molecule has 0 radical (unpaired) electrons. The third-order valence-corrected chi connectivity index (χ3v) is 2.09. The first-order chi connectivity index (χ1) is 7.16. The van der Waals surface area contributed by atoms with E-state index in [2.05, 4.69) is 4.98 Å². The molecular formula is C9H9FN2O3. The number of aromatic nitrogens is 1. The molecule has 0 unspecified atom stereocenters. The molecule has 0 amide bonds. The molecule has 0 aromatic carbocycles. The number of oxazole rings is 1. The van der Waals surface area contributed by atoms with Gasteiger partial charge in [0.2, 0.25) is 0 Å². The van der Waals surface area contributed by atoms with Gasteiger partial charge in [-0.3, -0.25) is 0 Å². The molecule has 0 fully saturated rings. The van der Waals surface area contributed by atoms with Gasteiger partial charge >= 0.3 is 5.97 Å². The number of hydrogen-bond donors (Lipinski definition) is 1. The van der Waals surface area contributed by atoms with E-state index < -0.39 is 5.97 Å². The SMILES string of the molecule is O=C(O)c1coc(N2CCC=C(F)C2)n1. The minimum Gasteiger partial charge on any atom is -0.476 e. The Labute approximate surface area is 84.8 Å². The molecule has 15 heavy (non-hydrogen) atoms. The molecule has 1 aliphatic rings. The van der Waals surface area contributed by atoms with Crippen molar-refractivity contribution in [3.05, 3.63) is 23.9 Å². The summed E-state index contributed by atoms with van der Waals surface area (Å²) in [5.74, 6) is -1.41. The molecule has 2 rings (SSSR count). The summed E-state index contributed by atoms with van der Waals surface area (Å²) < 4.78 is 17.9. The topological polar surface area (TPSA) is 66.6 Å². The Kier molecular flexibility index (Phi) is 2.40. The second-order valence-electron chi connectivity index (χ2n) is 3.18. The zero-order valence-electron chi connectivity index (χ0n) is 7.81. The number of carbonyl (C=O) groups is 1. The average molecular weight is 212 g/mol. The van der Waals surface area contributed by atoms with E-state index in [0.717, 1.165) is 6.26 Å². The van der Waals surface area contributed by atoms with Crippen LogP contribution >= 0.6 is 0 Å². The highest BCUT2D eigenvalue weighted by Crippen LogP contribution is 2.19. The van der Waals surface area contributed by atoms with E-state index in [1.54, 1.807) is 4.90 Å². The molecule has 1 N–H and O–H groups in total. The van der Waals surface area contributed by atoms with Crippen LogP contribution in [0.4, 0.5) is 10.4 Å². The highest BCUT2D eigenvalue weighted by molar-refractivity contribution is 5.85. The van der Waals surface area contributed by atoms with Crippen molar-refractivity contribution in [2.45, 2.75) is 6.42 Å². The maximum atomic E-state index is 12.9. The largest absolute Gasteiger partial charge is 0.476 e. The van der Waals surface area contributed by atoms with Gasteiger partial charge in [-0.2, -0.15) is 4.98 Å². The molecule has 0 aliphatic carbocycles. The lowest BCUT2D eigenvalue weighted by atomic mass is 10.2. The van der Waals surface area contributed by atoms with Crippen LogP contribution in [0.1, 0.15) is 16.9 Å². The van der Waals surface area contributed by atoms with E-state index in [9.17, 15) is 9.18 Å². The molecule has 1 aliphatic heterocycles. The zero-order valence-corrected chi connectivity index (χ0v) is 7.81. The van der Waals surface area contributed by atoms with Crippen LogP contribution in [0.3, 0.4) is 0 Å². The average Bonchev–Trinajstić information content (AvgIpc) is 2.66. The summed E-state index contributed by atoms with van der Waals surface area (Å²) in [5.41, 5.74) is -0.167. The number of rotatable bonds is 2. The highest BCUT2D eigenvalue weighted by atomic mass is 19.1. The predicted octanol–water partition coefficient (Wildman–Crippen LogP) is 1.44. The van der Waals surface area contributed by atoms with Crippen LogP contribution in [-0.4, -0.2) is 29.1 Å². The third kappa shape index (κ3) is 1.98. The van der Waals surface area contributed by atoms with E-state index in [1.807, 2.05) is 0 Å². The van der Waals surface area contributed by atoms with Crippen LogP contribution in [0.2, 0.25) is 0 Å². The van der Waals surface area contributed by atoms with E-state index in [4.69, 9.17) is 9.52 Å². The lowest BCUT2D eigenvalue weighted by Gasteiger charge is -2.22. The maximum absolute atomic E-state index is 12.9. The normalized spacial score (nSPS) is 16.3. The van der Waals surface area contributed by atoms with Gasteiger partial charge in [-0.15, -0.1) is 0 Å². The van der Waals surface area contributed by atoms with Crippen molar-refractivity contribution >= 4 is 12.0 Å². The number of nitrogens with zero attached hydrogens (tertiary/aromatic N) is 2. The Bertz CT molecular complexity index is 413. The minimum atomic E-state index is -1.15. The molecule has 6 heteroatoms. The molecule has 0 atom stereocenters. The fourth-order valence-corrected chi connectivity index (χ4v) is 1.37. The molecule has 80 valence electrons. The van der Waals surface area contributed by atoms with Crippen molar-refractivity contribution in [1.82, 2.24) is 4.98 Å². The van der Waals surface area contributed by atoms with Crippen molar-refractivity contribution in [1.29, 1.82) is 0 Å². The molecule has 5 nitrogen and oxygen atoms in total. The molecule has 0 bridgehead atoms. The Morgan fingerprint density at radius 2 is 2.47 bits per heavy atom. The molecule has 1 aromatic heterocycles. The summed E-state index contributed by atoms with van der Waals surface area (Å²) in [7, 11) is 0. The highest BCUT2D eigenvalue weighted by Gasteiger charge is 2.19. The Hall–Kier alpha value is -1.85. The van der Waals surface area contributed by atoms with E-state index in [-0.39, 0.29) is 24.1 Å². The van der Waals surface area contributed by atoms with E-state index in [1.165, 1.54) is 6.08 Å². The first-order valence-corrected chi connectivity index (χ1v) is 4.45. The second-order valence-corrected chi connectivity index (χ2v) is 3.18. The first kappa shape index (κ1) is 9.70. The number of carboxylic acid groups (broad SMARTS) is 1. The van der Waals surface area contributed by atoms with Gasteiger partial charge in [-0.25, -0.2) is 9.18 Å². The van der Waals surface area contributed by atoms with Gasteiger partial charge in [0.05, 0.1) is 6.54 Å². The van der Waals surface area contributed by atoms with Gasteiger partial charge < -0.3 is 14.4 Å². The van der Waals surface area contributed by atoms with Crippen molar-refractivity contribution in [3.63, 3.8) is 0 Å². The van der Waals surface area contributed by atoms with Gasteiger partial charge in [-0.05, 0) is 12.5 Å². The van der Waals surface area contributed by atoms with Crippen molar-refractivity contribution in [2.24, 2.45) is 0 Å². The number of hydrogen-bond acceptors (Lipinski definition) is 4. The summed E-state index contributed by atoms with van der Waals surface area (Å²) in [6, 6.07) is 0.149. The van der Waals surface area contributed by atoms with Gasteiger partial charge in [0.15, 0.2) is 5.69 Å². The Morgan fingerprint density at radius 3 is 3.07 bits per heavy atom. The van der Waals surface area contributed by atoms with Gasteiger partial charge in [-0.1, -0.05) is 0 Å². The van der Waals surface area contributed by atoms with Crippen LogP contribution in [0, 0.1) is 0 Å². The third-order valence-electron chi connectivity index (χ3n) is 2.09. The van der Waals surface area contributed by atoms with E-state index in [0.29, 0.717) is 13.0 Å². The fraction of sp³-hybridized carbons (Fsp3) is 0.333. The minimum absolute atomic E-state index is 0.0829. The smallest absolute Gasteiger partial charge is 0.357 e. The molecule has 2 heterocycles. The molecule has 0 saturated heterocycles. The zero-order chi connectivity index (χ0) is 10.8. The first-order valence-electron chi connectivity index (χ1n) is 4.45. The summed E-state index contributed by atoms with van der Waals surface area (Å²) in [6.45, 7) is 0.659. The van der Waals surface area contributed by atoms with E-state index >= 15 is 0 Å². The van der Waals surface area contributed by atoms with Gasteiger partial charge in [0.25, 0.3) is 6.01 Å². The van der Waals surface area contributed by atoms with Crippen LogP contribution in [0.5, 0.6) is 0 Å². The van der Waals surface area contributed by atoms with Crippen molar-refractivity contribution < 1.29 is 18.7 Å². The van der Waals surface area contributed by atoms with Crippen molar-refractivity contribution in [2.75, 3.05) is 18.0 Å². The summed E-state index contributed by atoms with van der Waals surface area (Å²) in [5, 5.41) is 8.62. The molecule has 0 spiro atoms. The number of aromatic carboxylic acids is 1. The Morgan fingerprint density at radius 1 is 1.67 bits per heavy atom. The molecule has 1 aromatic rings. The second kappa shape index (κ2) is 3.72. The Balaban J connectivity index is 2.16. The van der Waals surface area contributed by atoms with Crippen LogP contribution in [-0.2, 0) is 0 Å². The summed E-state index contributed by atoms with van der Waals surface area (Å²) >= 11 is 0. The standard InChI is InChI=1S/C9H9FN2O3/c10-6-2-1-3-12(4-6)9-11-7(5-15-9)8(13)14/h2,5H,1,3-4H2,(H,13,14). The lowest BCUT2D eigenvalue weighted by Crippen LogP contribution is -2.29. The summed E-state index contributed by atoms with van der Waals surface area (Å²) in [4.78, 5) is 15.8. The fourth-order valence-electron chi connectivity index (χ4n) is 1.37. The maximum Gasteiger partial charge on any atom is 0.357 e. The molecule has 0 saturated carbocycles. The van der Waals surface area contributed by atoms with Crippen LogP contribution in [0.25, 0.3) is 0 Å². The van der Waals surface area contributed by atoms with Crippen LogP contribution in [0.15, 0.2) is 22.6 Å². The number of carboxylic acids is 1. The number of anilines is 1. The van der Waals surface area contributed by atoms with Crippen molar-refractivity contribution in [3.8, 4) is 0 Å². The quantitative estimate of drug-likeness (QED) is 0.803. The predicted molar refractivity (Wildman–Crippen MR) is 49.5 cm³/mol. The van der Waals surface area contributed by atoms with Gasteiger partial charge in [0, 0.05) is 6.54 Å².